The lowest BCUT2D eigenvalue weighted by molar-refractivity contribution is -0.127. The molecule has 0 spiro atoms. The minimum Gasteiger partial charge on any atom is -0.355 e. The van der Waals surface area contributed by atoms with Gasteiger partial charge in [0.05, 0.1) is 6.04 Å². The molecule has 0 saturated carbocycles. The number of nitrogens with one attached hydrogen (secondary N) is 1. The second-order valence-electron chi connectivity index (χ2n) is 5.93. The average molecular weight is 303 g/mol. The summed E-state index contributed by atoms with van der Waals surface area (Å²) >= 11 is 0. The lowest BCUT2D eigenvalue weighted by Gasteiger charge is -2.16. The van der Waals surface area contributed by atoms with Crippen molar-refractivity contribution in [2.75, 3.05) is 19.6 Å². The molecule has 1 saturated heterocycles. The van der Waals surface area contributed by atoms with E-state index in [1.807, 2.05) is 36.1 Å². The quantitative estimate of drug-likeness (QED) is 0.738. The number of carbonyl (C=O) groups is 2. The van der Waals surface area contributed by atoms with Crippen molar-refractivity contribution in [3.05, 3.63) is 35.4 Å². The fourth-order valence-electron chi connectivity index (χ4n) is 2.62. The number of hydrogen-bond acceptors (Lipinski definition) is 3. The molecular weight excluding hydrogens is 278 g/mol. The van der Waals surface area contributed by atoms with E-state index in [0.717, 1.165) is 24.9 Å². The van der Waals surface area contributed by atoms with E-state index in [1.165, 1.54) is 5.56 Å². The molecule has 1 aromatic rings. The minimum absolute atomic E-state index is 0.131. The van der Waals surface area contributed by atoms with E-state index in [-0.39, 0.29) is 11.8 Å². The third-order valence-corrected chi connectivity index (χ3v) is 3.99. The summed E-state index contributed by atoms with van der Waals surface area (Å²) in [5.74, 6) is 0.0933. The van der Waals surface area contributed by atoms with Gasteiger partial charge in [-0.05, 0) is 31.7 Å². The molecule has 0 radical (unpaired) electrons. The van der Waals surface area contributed by atoms with Crippen molar-refractivity contribution >= 4 is 11.8 Å². The predicted molar refractivity (Wildman–Crippen MR) is 86.3 cm³/mol. The van der Waals surface area contributed by atoms with Crippen LogP contribution in [-0.2, 0) is 16.0 Å². The van der Waals surface area contributed by atoms with Crippen LogP contribution in [0.2, 0.25) is 0 Å². The number of aryl methyl sites for hydroxylation is 1. The van der Waals surface area contributed by atoms with E-state index >= 15 is 0 Å². The van der Waals surface area contributed by atoms with E-state index < -0.39 is 6.04 Å². The molecular formula is C17H25N3O2. The highest BCUT2D eigenvalue weighted by molar-refractivity contribution is 5.81. The number of rotatable bonds is 7. The highest BCUT2D eigenvalue weighted by atomic mass is 16.2. The summed E-state index contributed by atoms with van der Waals surface area (Å²) in [6.07, 6.45) is 2.92. The number of benzene rings is 1. The summed E-state index contributed by atoms with van der Waals surface area (Å²) in [7, 11) is 0. The summed E-state index contributed by atoms with van der Waals surface area (Å²) < 4.78 is 0. The Labute approximate surface area is 131 Å². The van der Waals surface area contributed by atoms with E-state index in [0.29, 0.717) is 25.9 Å². The SMILES string of the molecule is Cc1ccc(CC(N)C(=O)NCCCN2CCCC2=O)cc1. The first-order chi connectivity index (χ1) is 10.6. The Hall–Kier alpha value is -1.88. The van der Waals surface area contributed by atoms with Crippen molar-refractivity contribution in [2.45, 2.75) is 38.6 Å². The molecule has 120 valence electrons. The normalized spacial score (nSPS) is 15.9. The fourth-order valence-corrected chi connectivity index (χ4v) is 2.62. The van der Waals surface area contributed by atoms with Gasteiger partial charge in [0.2, 0.25) is 11.8 Å². The summed E-state index contributed by atoms with van der Waals surface area (Å²) in [5, 5.41) is 2.85. The van der Waals surface area contributed by atoms with E-state index in [1.54, 1.807) is 0 Å². The van der Waals surface area contributed by atoms with Gasteiger partial charge in [-0.15, -0.1) is 0 Å². The number of carbonyl (C=O) groups excluding carboxylic acids is 2. The Morgan fingerprint density at radius 2 is 2.09 bits per heavy atom. The zero-order valence-electron chi connectivity index (χ0n) is 13.2. The van der Waals surface area contributed by atoms with Crippen LogP contribution in [0.1, 0.15) is 30.4 Å². The van der Waals surface area contributed by atoms with E-state index in [2.05, 4.69) is 5.32 Å². The van der Waals surface area contributed by atoms with Gasteiger partial charge in [0.1, 0.15) is 0 Å². The van der Waals surface area contributed by atoms with Crippen molar-refractivity contribution in [3.8, 4) is 0 Å². The lowest BCUT2D eigenvalue weighted by Crippen LogP contribution is -2.42. The molecule has 1 fully saturated rings. The maximum atomic E-state index is 12.0. The van der Waals surface area contributed by atoms with Crippen LogP contribution in [-0.4, -0.2) is 42.4 Å². The van der Waals surface area contributed by atoms with Gasteiger partial charge in [-0.3, -0.25) is 9.59 Å². The van der Waals surface area contributed by atoms with Crippen LogP contribution in [0.5, 0.6) is 0 Å². The smallest absolute Gasteiger partial charge is 0.237 e. The predicted octanol–water partition coefficient (Wildman–Crippen LogP) is 0.994. The second kappa shape index (κ2) is 7.94. The summed E-state index contributed by atoms with van der Waals surface area (Å²) in [5.41, 5.74) is 8.20. The number of amides is 2. The molecule has 2 rings (SSSR count). The summed E-state index contributed by atoms with van der Waals surface area (Å²) in [6.45, 7) is 4.15. The van der Waals surface area contributed by atoms with Crippen molar-refractivity contribution in [1.82, 2.24) is 10.2 Å². The molecule has 1 heterocycles. The molecule has 2 amide bonds. The largest absolute Gasteiger partial charge is 0.355 e. The Bertz CT molecular complexity index is 513. The monoisotopic (exact) mass is 303 g/mol. The number of nitrogens with two attached hydrogens (primary N) is 1. The molecule has 5 nitrogen and oxygen atoms in total. The Kier molecular flexibility index (Phi) is 5.95. The molecule has 0 aromatic heterocycles. The maximum Gasteiger partial charge on any atom is 0.237 e. The molecule has 1 atom stereocenters. The van der Waals surface area contributed by atoms with Gasteiger partial charge in [0, 0.05) is 26.1 Å². The molecule has 3 N–H and O–H groups in total. The molecule has 5 heteroatoms. The second-order valence-corrected chi connectivity index (χ2v) is 5.93. The molecule has 0 aliphatic carbocycles. The van der Waals surface area contributed by atoms with Gasteiger partial charge < -0.3 is 16.0 Å². The van der Waals surface area contributed by atoms with Gasteiger partial charge >= 0.3 is 0 Å². The number of hydrogen-bond donors (Lipinski definition) is 2. The summed E-state index contributed by atoms with van der Waals surface area (Å²) in [6, 6.07) is 7.51. The molecule has 0 bridgehead atoms. The standard InChI is InChI=1S/C17H25N3O2/c1-13-5-7-14(8-6-13)12-15(18)17(22)19-9-3-11-20-10-2-4-16(20)21/h5-8,15H,2-4,9-12,18H2,1H3,(H,19,22). The van der Waals surface area contributed by atoms with Crippen LogP contribution in [0.15, 0.2) is 24.3 Å². The van der Waals surface area contributed by atoms with Gasteiger partial charge in [-0.2, -0.15) is 0 Å². The fraction of sp³-hybridized carbons (Fsp3) is 0.529. The third kappa shape index (κ3) is 4.84. The van der Waals surface area contributed by atoms with Crippen molar-refractivity contribution < 1.29 is 9.59 Å². The molecule has 22 heavy (non-hydrogen) atoms. The Morgan fingerprint density at radius 1 is 1.36 bits per heavy atom. The Balaban J connectivity index is 1.65. The van der Waals surface area contributed by atoms with Crippen LogP contribution < -0.4 is 11.1 Å². The zero-order valence-corrected chi connectivity index (χ0v) is 13.2. The van der Waals surface area contributed by atoms with Crippen LogP contribution in [0.3, 0.4) is 0 Å². The van der Waals surface area contributed by atoms with Crippen LogP contribution >= 0.6 is 0 Å². The number of nitrogens with zero attached hydrogens (tertiary/aromatic N) is 1. The van der Waals surface area contributed by atoms with Crippen LogP contribution in [0, 0.1) is 6.92 Å². The topological polar surface area (TPSA) is 75.4 Å². The van der Waals surface area contributed by atoms with E-state index in [9.17, 15) is 9.59 Å². The van der Waals surface area contributed by atoms with Crippen molar-refractivity contribution in [3.63, 3.8) is 0 Å². The highest BCUT2D eigenvalue weighted by Gasteiger charge is 2.19. The minimum atomic E-state index is -0.531. The first-order valence-electron chi connectivity index (χ1n) is 7.93. The molecule has 1 aliphatic rings. The first kappa shape index (κ1) is 16.5. The van der Waals surface area contributed by atoms with Gasteiger partial charge in [-0.25, -0.2) is 0 Å². The van der Waals surface area contributed by atoms with Crippen LogP contribution in [0.25, 0.3) is 0 Å². The first-order valence-corrected chi connectivity index (χ1v) is 7.93. The van der Waals surface area contributed by atoms with Crippen molar-refractivity contribution in [2.24, 2.45) is 5.73 Å². The molecule has 1 aliphatic heterocycles. The summed E-state index contributed by atoms with van der Waals surface area (Å²) in [4.78, 5) is 25.3. The highest BCUT2D eigenvalue weighted by Crippen LogP contribution is 2.09. The van der Waals surface area contributed by atoms with Crippen molar-refractivity contribution in [1.29, 1.82) is 0 Å². The van der Waals surface area contributed by atoms with E-state index in [4.69, 9.17) is 5.73 Å². The van der Waals surface area contributed by atoms with Gasteiger partial charge in [0.15, 0.2) is 0 Å². The Morgan fingerprint density at radius 3 is 2.73 bits per heavy atom. The molecule has 1 aromatic carbocycles. The maximum absolute atomic E-state index is 12.0. The van der Waals surface area contributed by atoms with Crippen LogP contribution in [0.4, 0.5) is 0 Å². The van der Waals surface area contributed by atoms with Gasteiger partial charge in [-0.1, -0.05) is 29.8 Å². The van der Waals surface area contributed by atoms with Gasteiger partial charge in [0.25, 0.3) is 0 Å². The lowest BCUT2D eigenvalue weighted by atomic mass is 10.0. The number of likely N-dealkylation sites (tertiary alicyclic amines) is 1. The third-order valence-electron chi connectivity index (χ3n) is 3.99. The average Bonchev–Trinajstić information content (AvgIpc) is 2.91. The molecule has 1 unspecified atom stereocenters. The zero-order chi connectivity index (χ0) is 15.9.